The van der Waals surface area contributed by atoms with Gasteiger partial charge in [0.25, 0.3) is 0 Å². The fraction of sp³-hybridized carbons (Fsp3) is 0.273. The van der Waals surface area contributed by atoms with Crippen molar-refractivity contribution in [3.8, 4) is 16.9 Å². The van der Waals surface area contributed by atoms with E-state index in [0.717, 1.165) is 39.8 Å². The van der Waals surface area contributed by atoms with Gasteiger partial charge in [-0.05, 0) is 59.4 Å². The molecule has 0 saturated carbocycles. The molecule has 40 heavy (non-hydrogen) atoms. The second kappa shape index (κ2) is 15.4. The van der Waals surface area contributed by atoms with Gasteiger partial charge in [-0.15, -0.1) is 0 Å². The molecule has 0 saturated heterocycles. The van der Waals surface area contributed by atoms with E-state index in [0.29, 0.717) is 25.3 Å². The molecule has 0 aliphatic rings. The Morgan fingerprint density at radius 3 is 2.20 bits per heavy atom. The molecule has 6 N–H and O–H groups in total. The number of aromatic nitrogens is 1. The number of aliphatic hydroxyl groups excluding tert-OH is 1. The van der Waals surface area contributed by atoms with Crippen molar-refractivity contribution in [1.29, 1.82) is 0 Å². The summed E-state index contributed by atoms with van der Waals surface area (Å²) in [5.74, 6) is 0.639. The van der Waals surface area contributed by atoms with Gasteiger partial charge in [0.1, 0.15) is 11.6 Å². The first-order valence-corrected chi connectivity index (χ1v) is 13.7. The van der Waals surface area contributed by atoms with Crippen molar-refractivity contribution >= 4 is 11.7 Å². The minimum Gasteiger partial charge on any atom is -0.508 e. The zero-order valence-electron chi connectivity index (χ0n) is 23.5. The second-order valence-electron chi connectivity index (χ2n) is 9.56. The molecule has 0 spiro atoms. The lowest BCUT2D eigenvalue weighted by Gasteiger charge is -2.18. The smallest absolute Gasteiger partial charge is 0.224 e. The number of amides is 1. The van der Waals surface area contributed by atoms with Gasteiger partial charge in [-0.1, -0.05) is 80.6 Å². The van der Waals surface area contributed by atoms with E-state index >= 15 is 0 Å². The first-order valence-electron chi connectivity index (χ1n) is 13.7. The molecule has 3 aromatic carbocycles. The quantitative estimate of drug-likeness (QED) is 0.179. The van der Waals surface area contributed by atoms with Gasteiger partial charge in [-0.3, -0.25) is 4.79 Å². The van der Waals surface area contributed by atoms with Gasteiger partial charge in [0.15, 0.2) is 0 Å². The van der Waals surface area contributed by atoms with Gasteiger partial charge in [0, 0.05) is 30.9 Å². The number of hydrogen-bond acceptors (Lipinski definition) is 6. The van der Waals surface area contributed by atoms with E-state index in [1.165, 1.54) is 0 Å². The zero-order chi connectivity index (χ0) is 28.9. The Morgan fingerprint density at radius 2 is 1.55 bits per heavy atom. The Kier molecular flexibility index (Phi) is 11.7. The van der Waals surface area contributed by atoms with E-state index in [2.05, 4.69) is 34.7 Å². The van der Waals surface area contributed by atoms with Crippen LogP contribution in [0.2, 0.25) is 0 Å². The van der Waals surface area contributed by atoms with Crippen LogP contribution in [0.3, 0.4) is 0 Å². The number of anilines is 1. The number of aromatic hydroxyl groups is 1. The predicted octanol–water partition coefficient (Wildman–Crippen LogP) is 5.18. The summed E-state index contributed by atoms with van der Waals surface area (Å²) < 4.78 is 0. The van der Waals surface area contributed by atoms with Crippen molar-refractivity contribution in [3.63, 3.8) is 0 Å². The SMILES string of the molecule is CC.C[C@@H](Cc1cccc(CC(=O)NCc2ccc(-c3ccc(O)cc3)cc2)c1)NCC(O)c1ccc(N)nc1. The van der Waals surface area contributed by atoms with Crippen LogP contribution in [0.15, 0.2) is 91.1 Å². The van der Waals surface area contributed by atoms with Crippen LogP contribution in [-0.4, -0.2) is 33.7 Å². The monoisotopic (exact) mass is 540 g/mol. The molecule has 1 unspecified atom stereocenters. The van der Waals surface area contributed by atoms with Crippen LogP contribution in [0, 0.1) is 0 Å². The molecule has 0 fully saturated rings. The number of benzene rings is 3. The summed E-state index contributed by atoms with van der Waals surface area (Å²) in [6.07, 6.45) is 2.01. The number of carbonyl (C=O) groups is 1. The molecule has 0 aliphatic heterocycles. The van der Waals surface area contributed by atoms with Crippen LogP contribution in [0.4, 0.5) is 5.82 Å². The number of rotatable bonds is 11. The van der Waals surface area contributed by atoms with Crippen molar-refractivity contribution in [1.82, 2.24) is 15.6 Å². The number of nitrogen functional groups attached to an aromatic ring is 1. The van der Waals surface area contributed by atoms with E-state index in [9.17, 15) is 15.0 Å². The molecule has 2 atom stereocenters. The van der Waals surface area contributed by atoms with Gasteiger partial charge in [0.05, 0.1) is 12.5 Å². The number of carbonyl (C=O) groups excluding carboxylic acids is 1. The lowest BCUT2D eigenvalue weighted by Crippen LogP contribution is -2.32. The Morgan fingerprint density at radius 1 is 0.900 bits per heavy atom. The molecular formula is C33H40N4O3. The molecular weight excluding hydrogens is 500 g/mol. The molecule has 0 bridgehead atoms. The fourth-order valence-corrected chi connectivity index (χ4v) is 4.25. The normalized spacial score (nSPS) is 12.1. The van der Waals surface area contributed by atoms with Crippen molar-refractivity contribution in [2.75, 3.05) is 12.3 Å². The van der Waals surface area contributed by atoms with Crippen molar-refractivity contribution < 1.29 is 15.0 Å². The number of phenols is 1. The highest BCUT2D eigenvalue weighted by Gasteiger charge is 2.11. The molecule has 7 heteroatoms. The lowest BCUT2D eigenvalue weighted by atomic mass is 10.0. The molecule has 7 nitrogen and oxygen atoms in total. The molecule has 1 aromatic heterocycles. The van der Waals surface area contributed by atoms with Crippen LogP contribution in [0.1, 0.15) is 49.1 Å². The van der Waals surface area contributed by atoms with E-state index in [-0.39, 0.29) is 17.7 Å². The molecule has 0 radical (unpaired) electrons. The highest BCUT2D eigenvalue weighted by molar-refractivity contribution is 5.78. The molecule has 0 aliphatic carbocycles. The van der Waals surface area contributed by atoms with Crippen molar-refractivity contribution in [3.05, 3.63) is 113 Å². The highest BCUT2D eigenvalue weighted by atomic mass is 16.3. The highest BCUT2D eigenvalue weighted by Crippen LogP contribution is 2.22. The summed E-state index contributed by atoms with van der Waals surface area (Å²) in [7, 11) is 0. The van der Waals surface area contributed by atoms with Crippen LogP contribution in [-0.2, 0) is 24.2 Å². The largest absolute Gasteiger partial charge is 0.508 e. The molecule has 1 heterocycles. The Balaban J connectivity index is 0.00000216. The van der Waals surface area contributed by atoms with E-state index in [4.69, 9.17) is 5.73 Å². The predicted molar refractivity (Wildman–Crippen MR) is 162 cm³/mol. The number of nitrogens with two attached hydrogens (primary N) is 1. The Labute approximate surface area is 237 Å². The average Bonchev–Trinajstić information content (AvgIpc) is 2.97. The maximum Gasteiger partial charge on any atom is 0.224 e. The first-order chi connectivity index (χ1) is 19.4. The fourth-order valence-electron chi connectivity index (χ4n) is 4.25. The third kappa shape index (κ3) is 9.52. The van der Waals surface area contributed by atoms with Crippen molar-refractivity contribution in [2.45, 2.75) is 52.3 Å². The molecule has 210 valence electrons. The zero-order valence-corrected chi connectivity index (χ0v) is 23.5. The minimum atomic E-state index is -0.662. The maximum absolute atomic E-state index is 12.6. The summed E-state index contributed by atoms with van der Waals surface area (Å²) >= 11 is 0. The number of aliphatic hydroxyl groups is 1. The summed E-state index contributed by atoms with van der Waals surface area (Å²) in [5, 5.41) is 26.2. The van der Waals surface area contributed by atoms with E-state index in [1.807, 2.05) is 62.4 Å². The molecule has 1 amide bonds. The summed E-state index contributed by atoms with van der Waals surface area (Å²) in [4.78, 5) is 16.6. The van der Waals surface area contributed by atoms with Gasteiger partial charge < -0.3 is 26.6 Å². The van der Waals surface area contributed by atoms with Crippen molar-refractivity contribution in [2.24, 2.45) is 0 Å². The number of nitrogens with zero attached hydrogens (tertiary/aromatic N) is 1. The Bertz CT molecular complexity index is 1320. The van der Waals surface area contributed by atoms with E-state index in [1.54, 1.807) is 30.5 Å². The topological polar surface area (TPSA) is 120 Å². The lowest BCUT2D eigenvalue weighted by molar-refractivity contribution is -0.120. The summed E-state index contributed by atoms with van der Waals surface area (Å²) in [6.45, 7) is 6.94. The number of phenolic OH excluding ortho intramolecular Hbond substituents is 1. The first kappa shape index (κ1) is 30.3. The van der Waals surface area contributed by atoms with Gasteiger partial charge in [0.2, 0.25) is 5.91 Å². The van der Waals surface area contributed by atoms with Gasteiger partial charge in [-0.25, -0.2) is 4.98 Å². The Hall–Kier alpha value is -4.20. The van der Waals surface area contributed by atoms with Crippen LogP contribution < -0.4 is 16.4 Å². The average molecular weight is 541 g/mol. The molecule has 4 aromatic rings. The third-order valence-corrected chi connectivity index (χ3v) is 6.40. The number of nitrogens with one attached hydrogen (secondary N) is 2. The standard InChI is InChI=1S/C31H34N4O3.C2H6/c1-21(33-20-29(37)27-11-14-30(32)34-19-27)15-23-3-2-4-24(16-23)17-31(38)35-18-22-5-7-25(8-6-22)26-9-12-28(36)13-10-26;1-2/h2-14,16,19,21,29,33,36-37H,15,17-18,20H2,1H3,(H2,32,34)(H,35,38);1-2H3/t21-,29?;/m0./s1. The number of hydrogen-bond donors (Lipinski definition) is 5. The van der Waals surface area contributed by atoms with Crippen LogP contribution >= 0.6 is 0 Å². The van der Waals surface area contributed by atoms with Gasteiger partial charge >= 0.3 is 0 Å². The van der Waals surface area contributed by atoms with Gasteiger partial charge in [-0.2, -0.15) is 0 Å². The third-order valence-electron chi connectivity index (χ3n) is 6.40. The minimum absolute atomic E-state index is 0.0313. The maximum atomic E-state index is 12.6. The molecule has 4 rings (SSSR count). The summed E-state index contributed by atoms with van der Waals surface area (Å²) in [5.41, 5.74) is 11.5. The van der Waals surface area contributed by atoms with E-state index < -0.39 is 6.10 Å². The second-order valence-corrected chi connectivity index (χ2v) is 9.56. The van der Waals surface area contributed by atoms with Crippen LogP contribution in [0.25, 0.3) is 11.1 Å². The summed E-state index contributed by atoms with van der Waals surface area (Å²) in [6, 6.07) is 26.8. The van der Waals surface area contributed by atoms with Crippen LogP contribution in [0.5, 0.6) is 5.75 Å². The number of pyridine rings is 1.